The molecule has 0 saturated heterocycles. The van der Waals surface area contributed by atoms with Gasteiger partial charge in [0.2, 0.25) is 0 Å². The number of hydrogen-bond acceptors (Lipinski definition) is 4. The Morgan fingerprint density at radius 3 is 1.92 bits per heavy atom. The zero-order valence-corrected chi connectivity index (χ0v) is 7.77. The average Bonchev–Trinajstić information content (AvgIpc) is 1.85. The predicted molar refractivity (Wildman–Crippen MR) is 45.3 cm³/mol. The van der Waals surface area contributed by atoms with Crippen LogP contribution in [-0.2, 0) is 4.79 Å². The Hall–Kier alpha value is -0.450. The summed E-state index contributed by atoms with van der Waals surface area (Å²) in [5.74, 6) is 0. The van der Waals surface area contributed by atoms with E-state index >= 15 is 0 Å². The van der Waals surface area contributed by atoms with Crippen molar-refractivity contribution in [3.05, 3.63) is 0 Å². The van der Waals surface area contributed by atoms with Crippen LogP contribution in [0.25, 0.3) is 0 Å². The number of aldehydes is 1. The van der Waals surface area contributed by atoms with Crippen LogP contribution in [-0.4, -0.2) is 39.9 Å². The molecule has 0 spiro atoms. The number of carbonyl (C=O) groups excluding carboxylic acids is 1. The highest BCUT2D eigenvalue weighted by Gasteiger charge is 2.21. The van der Waals surface area contributed by atoms with Gasteiger partial charge in [-0.25, -0.2) is 0 Å². The highest BCUT2D eigenvalue weighted by molar-refractivity contribution is 5.50. The van der Waals surface area contributed by atoms with Crippen LogP contribution in [0.15, 0.2) is 0 Å². The summed E-state index contributed by atoms with van der Waals surface area (Å²) in [6.07, 6.45) is -0.377. The molecule has 0 radical (unpaired) electrons. The lowest BCUT2D eigenvalue weighted by Gasteiger charge is -2.32. The van der Waals surface area contributed by atoms with Crippen LogP contribution < -0.4 is 0 Å². The molecule has 0 saturated carbocycles. The predicted octanol–water partition coefficient (Wildman–Crippen LogP) is -0.0575. The number of rotatable bonds is 5. The van der Waals surface area contributed by atoms with Gasteiger partial charge >= 0.3 is 0 Å². The Kier molecular flexibility index (Phi) is 5.04. The maximum atomic E-state index is 10.2. The van der Waals surface area contributed by atoms with E-state index in [1.807, 2.05) is 0 Å². The lowest BCUT2D eigenvalue weighted by Crippen LogP contribution is -2.46. The second kappa shape index (κ2) is 5.24. The van der Waals surface area contributed by atoms with E-state index in [-0.39, 0.29) is 6.04 Å². The van der Waals surface area contributed by atoms with E-state index in [1.54, 1.807) is 20.8 Å². The molecule has 0 aliphatic heterocycles. The van der Waals surface area contributed by atoms with Gasteiger partial charge < -0.3 is 15.0 Å². The largest absolute Gasteiger partial charge is 0.379 e. The second-order valence-corrected chi connectivity index (χ2v) is 2.96. The van der Waals surface area contributed by atoms with Gasteiger partial charge in [-0.2, -0.15) is 0 Å². The van der Waals surface area contributed by atoms with Gasteiger partial charge in [0.15, 0.2) is 0 Å². The zero-order valence-electron chi connectivity index (χ0n) is 7.77. The molecule has 2 N–H and O–H groups in total. The average molecular weight is 175 g/mol. The van der Waals surface area contributed by atoms with Crippen molar-refractivity contribution in [3.63, 3.8) is 0 Å². The van der Waals surface area contributed by atoms with Crippen molar-refractivity contribution in [1.82, 2.24) is 4.90 Å². The molecule has 0 aromatic carbocycles. The third-order valence-corrected chi connectivity index (χ3v) is 1.81. The van der Waals surface area contributed by atoms with Crippen LogP contribution in [0.4, 0.5) is 0 Å². The van der Waals surface area contributed by atoms with E-state index < -0.39 is 12.5 Å². The van der Waals surface area contributed by atoms with Crippen molar-refractivity contribution in [2.24, 2.45) is 0 Å². The van der Waals surface area contributed by atoms with Gasteiger partial charge in [-0.05, 0) is 20.8 Å². The van der Waals surface area contributed by atoms with Crippen molar-refractivity contribution in [2.75, 3.05) is 0 Å². The number of aliphatic hydroxyl groups is 2. The first-order chi connectivity index (χ1) is 5.50. The van der Waals surface area contributed by atoms with Gasteiger partial charge in [-0.1, -0.05) is 0 Å². The molecule has 0 fully saturated rings. The van der Waals surface area contributed by atoms with Crippen molar-refractivity contribution >= 4 is 6.29 Å². The molecule has 0 aliphatic carbocycles. The monoisotopic (exact) mass is 175 g/mol. The first-order valence-corrected chi connectivity index (χ1v) is 4.08. The van der Waals surface area contributed by atoms with Crippen LogP contribution >= 0.6 is 0 Å². The molecule has 0 amide bonds. The molecule has 4 heteroatoms. The molecule has 0 aliphatic rings. The van der Waals surface area contributed by atoms with E-state index in [2.05, 4.69) is 0 Å². The van der Waals surface area contributed by atoms with Crippen molar-refractivity contribution in [3.8, 4) is 0 Å². The molecule has 3 atom stereocenters. The first kappa shape index (κ1) is 11.6. The summed E-state index contributed by atoms with van der Waals surface area (Å²) in [5, 5.41) is 18.5. The van der Waals surface area contributed by atoms with Gasteiger partial charge in [0.1, 0.15) is 18.7 Å². The van der Waals surface area contributed by atoms with E-state index in [0.717, 1.165) is 6.29 Å². The third kappa shape index (κ3) is 3.30. The topological polar surface area (TPSA) is 60.8 Å². The first-order valence-electron chi connectivity index (χ1n) is 4.08. The van der Waals surface area contributed by atoms with Crippen molar-refractivity contribution < 1.29 is 15.0 Å². The second-order valence-electron chi connectivity index (χ2n) is 2.96. The fraction of sp³-hybridized carbons (Fsp3) is 0.875. The third-order valence-electron chi connectivity index (χ3n) is 1.81. The van der Waals surface area contributed by atoms with Gasteiger partial charge in [-0.3, -0.25) is 4.90 Å². The molecule has 0 bridgehead atoms. The summed E-state index contributed by atoms with van der Waals surface area (Å²) in [6.45, 7) is 4.91. The number of carbonyl (C=O) groups is 1. The van der Waals surface area contributed by atoms with Crippen LogP contribution in [0, 0.1) is 0 Å². The number of hydrogen-bond donors (Lipinski definition) is 2. The van der Waals surface area contributed by atoms with Gasteiger partial charge in [0.25, 0.3) is 0 Å². The molecule has 12 heavy (non-hydrogen) atoms. The summed E-state index contributed by atoms with van der Waals surface area (Å²) in [4.78, 5) is 11.6. The number of aliphatic hydroxyl groups excluding tert-OH is 2. The Morgan fingerprint density at radius 2 is 1.67 bits per heavy atom. The van der Waals surface area contributed by atoms with Crippen LogP contribution in [0.3, 0.4) is 0 Å². The van der Waals surface area contributed by atoms with E-state index in [4.69, 9.17) is 0 Å². The lowest BCUT2D eigenvalue weighted by atomic mass is 10.2. The molecular formula is C8H17NO3. The summed E-state index contributed by atoms with van der Waals surface area (Å²) in [7, 11) is 0. The highest BCUT2D eigenvalue weighted by Crippen LogP contribution is 2.09. The smallest absolute Gasteiger partial charge is 0.121 e. The lowest BCUT2D eigenvalue weighted by molar-refractivity contribution is -0.119. The standard InChI is InChI=1S/C8H17NO3/c1-6(4-5-10)9(7(2)11)8(3)12/h5-8,11-12H,4H2,1-3H3. The van der Waals surface area contributed by atoms with Crippen LogP contribution in [0.2, 0.25) is 0 Å². The summed E-state index contributed by atoms with van der Waals surface area (Å²) in [6, 6.07) is -0.137. The summed E-state index contributed by atoms with van der Waals surface area (Å²) < 4.78 is 0. The molecule has 72 valence electrons. The molecular weight excluding hydrogens is 158 g/mol. The molecule has 0 rings (SSSR count). The molecule has 3 unspecified atom stereocenters. The summed E-state index contributed by atoms with van der Waals surface area (Å²) in [5.41, 5.74) is 0. The molecule has 0 heterocycles. The Balaban J connectivity index is 4.18. The fourth-order valence-corrected chi connectivity index (χ4v) is 1.31. The molecule has 4 nitrogen and oxygen atoms in total. The minimum absolute atomic E-state index is 0.137. The minimum atomic E-state index is -0.736. The SMILES string of the molecule is CC(O)N(C(C)O)C(C)CC=O. The van der Waals surface area contributed by atoms with E-state index in [1.165, 1.54) is 4.90 Å². The molecule has 0 aromatic heterocycles. The Labute approximate surface area is 72.8 Å². The maximum absolute atomic E-state index is 10.2. The van der Waals surface area contributed by atoms with Crippen molar-refractivity contribution in [2.45, 2.75) is 45.7 Å². The maximum Gasteiger partial charge on any atom is 0.121 e. The quantitative estimate of drug-likeness (QED) is 0.454. The molecule has 0 aromatic rings. The fourth-order valence-electron chi connectivity index (χ4n) is 1.31. The van der Waals surface area contributed by atoms with Gasteiger partial charge in [0, 0.05) is 12.5 Å². The van der Waals surface area contributed by atoms with Gasteiger partial charge in [0.05, 0.1) is 0 Å². The van der Waals surface area contributed by atoms with Crippen molar-refractivity contribution in [1.29, 1.82) is 0 Å². The highest BCUT2D eigenvalue weighted by atomic mass is 16.3. The summed E-state index contributed by atoms with van der Waals surface area (Å²) >= 11 is 0. The van der Waals surface area contributed by atoms with E-state index in [0.29, 0.717) is 6.42 Å². The Morgan fingerprint density at radius 1 is 1.25 bits per heavy atom. The van der Waals surface area contributed by atoms with Crippen LogP contribution in [0.1, 0.15) is 27.2 Å². The van der Waals surface area contributed by atoms with E-state index in [9.17, 15) is 15.0 Å². The minimum Gasteiger partial charge on any atom is -0.379 e. The Bertz CT molecular complexity index is 128. The zero-order chi connectivity index (χ0) is 9.72. The number of nitrogens with zero attached hydrogens (tertiary/aromatic N) is 1. The normalized spacial score (nSPS) is 18.8. The van der Waals surface area contributed by atoms with Crippen LogP contribution in [0.5, 0.6) is 0 Å². The van der Waals surface area contributed by atoms with Gasteiger partial charge in [-0.15, -0.1) is 0 Å².